The Kier molecular flexibility index (Phi) is 4.73. The van der Waals surface area contributed by atoms with E-state index >= 15 is 0 Å². The molecule has 0 fully saturated rings. The molecule has 0 aliphatic heterocycles. The summed E-state index contributed by atoms with van der Waals surface area (Å²) < 4.78 is 1.33. The molecule has 0 aliphatic carbocycles. The second kappa shape index (κ2) is 6.52. The first-order chi connectivity index (χ1) is 8.86. The van der Waals surface area contributed by atoms with Crippen molar-refractivity contribution in [2.45, 2.75) is 10.2 Å². The van der Waals surface area contributed by atoms with Gasteiger partial charge in [-0.3, -0.25) is 0 Å². The topological polar surface area (TPSA) is 12.9 Å². The van der Waals surface area contributed by atoms with Crippen molar-refractivity contribution >= 4 is 42.1 Å². The molecular weight excluding hydrogens is 305 g/mol. The Hall–Kier alpha value is -1.38. The van der Waals surface area contributed by atoms with Crippen molar-refractivity contribution in [1.82, 2.24) is 4.98 Å². The number of rotatable bonds is 4. The zero-order valence-electron chi connectivity index (χ0n) is 9.72. The van der Waals surface area contributed by atoms with Gasteiger partial charge in [0.15, 0.2) is 0 Å². The summed E-state index contributed by atoms with van der Waals surface area (Å²) in [4.78, 5) is 5.64. The van der Waals surface area contributed by atoms with Crippen molar-refractivity contribution in [3.8, 4) is 24.7 Å². The van der Waals surface area contributed by atoms with Gasteiger partial charge in [-0.15, -0.1) is 0 Å². The molecule has 2 rings (SSSR count). The number of fused-ring (bicyclic) bond motifs is 1. The summed E-state index contributed by atoms with van der Waals surface area (Å²) in [6, 6.07) is 8.17. The predicted octanol–water partition coefficient (Wildman–Crippen LogP) is 2.34. The van der Waals surface area contributed by atoms with Gasteiger partial charge in [0.05, 0.1) is 0 Å². The van der Waals surface area contributed by atoms with E-state index in [1.54, 1.807) is 11.8 Å². The van der Waals surface area contributed by atoms with Crippen molar-refractivity contribution in [2.75, 3.05) is 5.75 Å². The summed E-state index contributed by atoms with van der Waals surface area (Å²) in [7, 11) is 0. The normalized spacial score (nSPS) is 9.89. The van der Waals surface area contributed by atoms with Crippen LogP contribution in [0.1, 0.15) is 0 Å². The minimum atomic E-state index is 0.272. The van der Waals surface area contributed by atoms with Gasteiger partial charge in [0.1, 0.15) is 0 Å². The summed E-state index contributed by atoms with van der Waals surface area (Å²) >= 11 is 1.93. The van der Waals surface area contributed by atoms with E-state index in [1.165, 1.54) is 14.7 Å². The summed E-state index contributed by atoms with van der Waals surface area (Å²) in [5, 5.41) is 2.00. The van der Waals surface area contributed by atoms with E-state index in [4.69, 9.17) is 12.8 Å². The molecule has 0 atom stereocenters. The third kappa shape index (κ3) is 2.89. The Bertz CT molecular complexity index is 637. The van der Waals surface area contributed by atoms with Gasteiger partial charge in [0.25, 0.3) is 0 Å². The van der Waals surface area contributed by atoms with Gasteiger partial charge in [-0.05, 0) is 0 Å². The fraction of sp³-hybridized carbons (Fsp3) is 0.133. The average molecular weight is 316 g/mol. The van der Waals surface area contributed by atoms with Crippen molar-refractivity contribution in [1.29, 1.82) is 0 Å². The molecule has 0 unspecified atom stereocenters. The molecule has 3 heteroatoms. The number of hydrogen-bond donors (Lipinski definition) is 0. The first-order valence-corrected chi connectivity index (χ1v) is 8.42. The third-order valence-electron chi connectivity index (χ3n) is 2.30. The molecular formula is C15H11NSSe. The average Bonchev–Trinajstić information content (AvgIpc) is 2.43. The van der Waals surface area contributed by atoms with Crippen molar-refractivity contribution in [3.05, 3.63) is 30.5 Å². The molecule has 0 saturated carbocycles. The van der Waals surface area contributed by atoms with E-state index in [0.717, 1.165) is 10.8 Å². The molecule has 1 nitrogen and oxygen atoms in total. The third-order valence-corrected chi connectivity index (χ3v) is 5.71. The molecule has 0 N–H and O–H groups in total. The molecule has 0 amide bonds. The molecule has 0 aliphatic rings. The molecule has 0 spiro atoms. The van der Waals surface area contributed by atoms with E-state index in [2.05, 4.69) is 22.9 Å². The van der Waals surface area contributed by atoms with Gasteiger partial charge in [0, 0.05) is 0 Å². The van der Waals surface area contributed by atoms with Crippen LogP contribution in [0.4, 0.5) is 0 Å². The van der Waals surface area contributed by atoms with E-state index in [1.807, 2.05) is 24.4 Å². The van der Waals surface area contributed by atoms with Gasteiger partial charge in [-0.25, -0.2) is 0 Å². The Labute approximate surface area is 118 Å². The molecule has 0 radical (unpaired) electrons. The van der Waals surface area contributed by atoms with Crippen LogP contribution in [0.2, 0.25) is 5.32 Å². The van der Waals surface area contributed by atoms with E-state index < -0.39 is 0 Å². The van der Waals surface area contributed by atoms with Crippen molar-refractivity contribution in [2.24, 2.45) is 0 Å². The van der Waals surface area contributed by atoms with Gasteiger partial charge >= 0.3 is 118 Å². The number of pyridine rings is 1. The molecule has 0 saturated heterocycles. The number of benzene rings is 1. The van der Waals surface area contributed by atoms with E-state index in [-0.39, 0.29) is 15.0 Å². The minimum absolute atomic E-state index is 0.272. The molecule has 2 aromatic rings. The second-order valence-corrected chi connectivity index (χ2v) is 6.54. The van der Waals surface area contributed by atoms with E-state index in [9.17, 15) is 0 Å². The van der Waals surface area contributed by atoms with Crippen LogP contribution >= 0.6 is 11.8 Å². The Morgan fingerprint density at radius 1 is 1.22 bits per heavy atom. The van der Waals surface area contributed by atoms with Crippen LogP contribution in [0.25, 0.3) is 10.9 Å². The zero-order chi connectivity index (χ0) is 12.8. The zero-order valence-corrected chi connectivity index (χ0v) is 12.2. The first-order valence-electron chi connectivity index (χ1n) is 5.37. The van der Waals surface area contributed by atoms with Crippen LogP contribution < -0.4 is 4.46 Å². The fourth-order valence-electron chi connectivity index (χ4n) is 1.58. The van der Waals surface area contributed by atoms with Gasteiger partial charge < -0.3 is 0 Å². The maximum absolute atomic E-state index is 5.38. The number of aromatic nitrogens is 1. The summed E-state index contributed by atoms with van der Waals surface area (Å²) in [6.45, 7) is 0. The monoisotopic (exact) mass is 317 g/mol. The Morgan fingerprint density at radius 3 is 2.83 bits per heavy atom. The van der Waals surface area contributed by atoms with Crippen LogP contribution in [0.3, 0.4) is 0 Å². The van der Waals surface area contributed by atoms with Crippen LogP contribution in [0.15, 0.2) is 35.4 Å². The van der Waals surface area contributed by atoms with Gasteiger partial charge in [-0.1, -0.05) is 0 Å². The molecule has 1 aromatic carbocycles. The molecule has 1 heterocycles. The standard InChI is InChI=1S/C15H11NSSe/c1-3-9-17-14-11-16-13-8-6-5-7-12(13)15(14)18-10-4-2/h1-2,5-8,11H,9-10H2. The Morgan fingerprint density at radius 2 is 2.06 bits per heavy atom. The van der Waals surface area contributed by atoms with Gasteiger partial charge in [0.2, 0.25) is 0 Å². The van der Waals surface area contributed by atoms with Crippen LogP contribution in [0, 0.1) is 24.7 Å². The van der Waals surface area contributed by atoms with Crippen molar-refractivity contribution in [3.63, 3.8) is 0 Å². The van der Waals surface area contributed by atoms with Gasteiger partial charge in [-0.2, -0.15) is 0 Å². The fourth-order valence-corrected chi connectivity index (χ4v) is 4.44. The van der Waals surface area contributed by atoms with Crippen LogP contribution in [-0.2, 0) is 0 Å². The second-order valence-electron chi connectivity index (χ2n) is 3.45. The number of para-hydroxylation sites is 1. The molecule has 88 valence electrons. The number of terminal acetylenes is 2. The summed E-state index contributed by atoms with van der Waals surface area (Å²) in [5.41, 5.74) is 1.02. The number of nitrogens with zero attached hydrogens (tertiary/aromatic N) is 1. The quantitative estimate of drug-likeness (QED) is 0.488. The molecule has 0 bridgehead atoms. The van der Waals surface area contributed by atoms with Crippen molar-refractivity contribution < 1.29 is 0 Å². The van der Waals surface area contributed by atoms with E-state index in [0.29, 0.717) is 5.75 Å². The predicted molar refractivity (Wildman–Crippen MR) is 80.3 cm³/mol. The maximum atomic E-state index is 5.38. The SMILES string of the molecule is C#CCSc1cnc2ccccc2c1[Se]CC#C. The molecule has 1 aromatic heterocycles. The first kappa shape index (κ1) is 13.1. The van der Waals surface area contributed by atoms with Crippen LogP contribution in [-0.4, -0.2) is 25.7 Å². The number of hydrogen-bond acceptors (Lipinski definition) is 2. The van der Waals surface area contributed by atoms with Crippen LogP contribution in [0.5, 0.6) is 0 Å². The summed E-state index contributed by atoms with van der Waals surface area (Å²) in [6.07, 6.45) is 12.6. The summed E-state index contributed by atoms with van der Waals surface area (Å²) in [5.74, 6) is 6.04. The Balaban J connectivity index is 2.49. The molecule has 18 heavy (non-hydrogen) atoms. The number of thioether (sulfide) groups is 1.